The molecule has 3 aromatic carbocycles. The van der Waals surface area contributed by atoms with Crippen molar-refractivity contribution >= 4 is 39.3 Å². The third-order valence-corrected chi connectivity index (χ3v) is 8.60. The van der Waals surface area contributed by atoms with Gasteiger partial charge in [0.05, 0.1) is 12.3 Å². The summed E-state index contributed by atoms with van der Waals surface area (Å²) in [5, 5.41) is 6.33. The maximum absolute atomic E-state index is 13.4. The number of hydrogen-bond donors (Lipinski definition) is 0. The average molecular weight is 568 g/mol. The Labute approximate surface area is 248 Å². The van der Waals surface area contributed by atoms with E-state index in [9.17, 15) is 9.59 Å². The lowest BCUT2D eigenvalue weighted by Crippen LogP contribution is -2.57. The predicted octanol–water partition coefficient (Wildman–Crippen LogP) is 6.90. The molecule has 1 aliphatic rings. The predicted molar refractivity (Wildman–Crippen MR) is 168 cm³/mol. The molecule has 1 aliphatic heterocycles. The maximum Gasteiger partial charge on any atom is 0.357 e. The average Bonchev–Trinajstić information content (AvgIpc) is 3.34. The number of oxime groups is 1. The Morgan fingerprint density at radius 1 is 0.905 bits per heavy atom. The smallest absolute Gasteiger partial charge is 0.357 e. The van der Waals surface area contributed by atoms with Crippen LogP contribution in [0.25, 0.3) is 21.8 Å². The highest BCUT2D eigenvalue weighted by molar-refractivity contribution is 6.16. The van der Waals surface area contributed by atoms with Gasteiger partial charge in [-0.05, 0) is 102 Å². The van der Waals surface area contributed by atoms with Gasteiger partial charge in [0.15, 0.2) is 5.78 Å². The molecule has 0 radical (unpaired) electrons. The molecule has 0 amide bonds. The fourth-order valence-electron chi connectivity index (χ4n) is 6.02. The number of ether oxygens (including phenoxy) is 1. The number of benzene rings is 3. The van der Waals surface area contributed by atoms with E-state index in [1.54, 1.807) is 0 Å². The van der Waals surface area contributed by atoms with Crippen molar-refractivity contribution in [3.63, 3.8) is 0 Å². The van der Waals surface area contributed by atoms with Crippen molar-refractivity contribution in [3.05, 3.63) is 82.9 Å². The molecule has 1 aromatic heterocycles. The summed E-state index contributed by atoms with van der Waals surface area (Å²) < 4.78 is 7.96. The first-order valence-corrected chi connectivity index (χ1v) is 15.0. The normalized spacial score (nSPS) is 16.1. The number of aromatic nitrogens is 1. The van der Waals surface area contributed by atoms with Crippen molar-refractivity contribution in [1.82, 2.24) is 9.47 Å². The third-order valence-electron chi connectivity index (χ3n) is 8.60. The van der Waals surface area contributed by atoms with Gasteiger partial charge in [0.25, 0.3) is 0 Å². The highest BCUT2D eigenvalue weighted by Gasteiger charge is 2.42. The number of fused-ring (bicyclic) bond motifs is 3. The first-order valence-electron chi connectivity index (χ1n) is 15.0. The summed E-state index contributed by atoms with van der Waals surface area (Å²) >= 11 is 0. The van der Waals surface area contributed by atoms with Crippen LogP contribution in [0.3, 0.4) is 0 Å². The molecule has 1 unspecified atom stereocenters. The van der Waals surface area contributed by atoms with Crippen molar-refractivity contribution in [2.75, 3.05) is 26.3 Å². The van der Waals surface area contributed by atoms with Crippen LogP contribution >= 0.6 is 0 Å². The summed E-state index contributed by atoms with van der Waals surface area (Å²) in [5.41, 5.74) is 5.04. The lowest BCUT2D eigenvalue weighted by molar-refractivity contribution is -0.162. The number of hydrogen-bond acceptors (Lipinski definition) is 6. The highest BCUT2D eigenvalue weighted by atomic mass is 16.7. The third kappa shape index (κ3) is 5.63. The van der Waals surface area contributed by atoms with E-state index in [1.165, 1.54) is 6.42 Å². The number of carbonyl (C=O) groups is 2. The summed E-state index contributed by atoms with van der Waals surface area (Å²) in [5.74, 6) is -0.391. The van der Waals surface area contributed by atoms with E-state index in [0.717, 1.165) is 65.4 Å². The zero-order chi connectivity index (χ0) is 29.9. The van der Waals surface area contributed by atoms with Gasteiger partial charge in [-0.1, -0.05) is 41.9 Å². The van der Waals surface area contributed by atoms with Gasteiger partial charge in [0, 0.05) is 46.1 Å². The summed E-state index contributed by atoms with van der Waals surface area (Å²) in [6.45, 7) is 13.0. The molecule has 5 rings (SSSR count). The van der Waals surface area contributed by atoms with Gasteiger partial charge in [-0.3, -0.25) is 9.69 Å². The topological polar surface area (TPSA) is 73.1 Å². The number of ketones is 1. The zero-order valence-corrected chi connectivity index (χ0v) is 25.4. The van der Waals surface area contributed by atoms with E-state index in [-0.39, 0.29) is 12.4 Å². The molecule has 7 heteroatoms. The Morgan fingerprint density at radius 3 is 2.19 bits per heavy atom. The van der Waals surface area contributed by atoms with Crippen LogP contribution in [0, 0.1) is 6.92 Å². The standard InChI is InChI=1S/C35H41N3O4/c1-6-38-31-17-15-26(25(4)36-42-34(40)35(5,23-41-7-2)37-19-11-8-12-20-37)21-29(31)30-22-27(16-18-32(30)38)33(39)28-14-10-9-13-24(28)3/h9-10,13-18,21-22H,6-8,11-12,19-20,23H2,1-5H3/b36-25+. The first kappa shape index (κ1) is 29.7. The molecule has 0 bridgehead atoms. The van der Waals surface area contributed by atoms with Crippen molar-refractivity contribution in [3.8, 4) is 0 Å². The molecule has 42 heavy (non-hydrogen) atoms. The lowest BCUT2D eigenvalue weighted by atomic mass is 9.97. The number of rotatable bonds is 10. The minimum absolute atomic E-state index is 0.0111. The van der Waals surface area contributed by atoms with Crippen LogP contribution in [0.2, 0.25) is 0 Å². The fraction of sp³-hybridized carbons (Fsp3) is 0.400. The van der Waals surface area contributed by atoms with Crippen LogP contribution in [-0.4, -0.2) is 58.8 Å². The molecule has 2 heterocycles. The highest BCUT2D eigenvalue weighted by Crippen LogP contribution is 2.32. The number of aryl methyl sites for hydroxylation is 2. The van der Waals surface area contributed by atoms with Crippen molar-refractivity contribution in [1.29, 1.82) is 0 Å². The van der Waals surface area contributed by atoms with Crippen LogP contribution in [0.1, 0.15) is 74.0 Å². The monoisotopic (exact) mass is 567 g/mol. The number of carbonyl (C=O) groups excluding carboxylic acids is 2. The van der Waals surface area contributed by atoms with Crippen molar-refractivity contribution < 1.29 is 19.2 Å². The summed E-state index contributed by atoms with van der Waals surface area (Å²) in [4.78, 5) is 34.6. The van der Waals surface area contributed by atoms with Crippen LogP contribution in [0.15, 0.2) is 65.8 Å². The molecule has 4 aromatic rings. The molecular formula is C35H41N3O4. The molecule has 0 spiro atoms. The number of piperidine rings is 1. The summed E-state index contributed by atoms with van der Waals surface area (Å²) in [6.07, 6.45) is 3.29. The first-order chi connectivity index (χ1) is 20.3. The molecule has 0 saturated carbocycles. The van der Waals surface area contributed by atoms with Gasteiger partial charge in [-0.15, -0.1) is 0 Å². The van der Waals surface area contributed by atoms with E-state index in [4.69, 9.17) is 9.57 Å². The Hall–Kier alpha value is -3.81. The van der Waals surface area contributed by atoms with Crippen LogP contribution in [0.4, 0.5) is 0 Å². The van der Waals surface area contributed by atoms with Gasteiger partial charge in [0.2, 0.25) is 0 Å². The Morgan fingerprint density at radius 2 is 1.55 bits per heavy atom. The van der Waals surface area contributed by atoms with Crippen molar-refractivity contribution in [2.24, 2.45) is 5.16 Å². The lowest BCUT2D eigenvalue weighted by Gasteiger charge is -2.40. The quantitative estimate of drug-likeness (QED) is 0.0902. The maximum atomic E-state index is 13.4. The van der Waals surface area contributed by atoms with E-state index in [1.807, 2.05) is 76.2 Å². The SMILES string of the molecule is CCOCC(C)(C(=O)O/N=C(\C)c1ccc2c(c1)c1cc(C(=O)c3ccccc3C)ccc1n2CC)N1CCCCC1. The van der Waals surface area contributed by atoms with Gasteiger partial charge < -0.3 is 14.1 Å². The van der Waals surface area contributed by atoms with Crippen molar-refractivity contribution in [2.45, 2.75) is 66.0 Å². The summed E-state index contributed by atoms with van der Waals surface area (Å²) in [6, 6.07) is 19.8. The second-order valence-electron chi connectivity index (χ2n) is 11.4. The van der Waals surface area contributed by atoms with Gasteiger partial charge in [0.1, 0.15) is 5.54 Å². The molecule has 0 N–H and O–H groups in total. The molecular weight excluding hydrogens is 526 g/mol. The molecule has 7 nitrogen and oxygen atoms in total. The zero-order valence-electron chi connectivity index (χ0n) is 25.4. The van der Waals surface area contributed by atoms with E-state index < -0.39 is 11.5 Å². The molecule has 1 fully saturated rings. The number of likely N-dealkylation sites (tertiary alicyclic amines) is 1. The van der Waals surface area contributed by atoms with Crippen LogP contribution in [-0.2, 0) is 20.9 Å². The minimum atomic E-state index is -0.890. The van der Waals surface area contributed by atoms with Crippen LogP contribution in [0.5, 0.6) is 0 Å². The Bertz CT molecular complexity index is 1650. The summed E-state index contributed by atoms with van der Waals surface area (Å²) in [7, 11) is 0. The van der Waals surface area contributed by atoms with Crippen LogP contribution < -0.4 is 0 Å². The molecule has 1 atom stereocenters. The largest absolute Gasteiger partial charge is 0.379 e. The van der Waals surface area contributed by atoms with Gasteiger partial charge >= 0.3 is 5.97 Å². The molecule has 220 valence electrons. The van der Waals surface area contributed by atoms with Gasteiger partial charge in [-0.2, -0.15) is 0 Å². The Kier molecular flexibility index (Phi) is 8.90. The Balaban J connectivity index is 1.47. The van der Waals surface area contributed by atoms with E-state index >= 15 is 0 Å². The molecule has 1 saturated heterocycles. The van der Waals surface area contributed by atoms with E-state index in [2.05, 4.69) is 33.7 Å². The second kappa shape index (κ2) is 12.6. The second-order valence-corrected chi connectivity index (χ2v) is 11.4. The number of nitrogens with zero attached hydrogens (tertiary/aromatic N) is 3. The van der Waals surface area contributed by atoms with Gasteiger partial charge in [-0.25, -0.2) is 4.79 Å². The minimum Gasteiger partial charge on any atom is -0.379 e. The molecule has 0 aliphatic carbocycles. The van der Waals surface area contributed by atoms with E-state index in [0.29, 0.717) is 23.4 Å². The fourth-order valence-corrected chi connectivity index (χ4v) is 6.02.